The first-order valence-electron chi connectivity index (χ1n) is 7.32. The van der Waals surface area contributed by atoms with Crippen LogP contribution < -0.4 is 10.6 Å². The van der Waals surface area contributed by atoms with Crippen molar-refractivity contribution >= 4 is 29.0 Å². The van der Waals surface area contributed by atoms with Gasteiger partial charge in [0.2, 0.25) is 0 Å². The normalized spacial score (nSPS) is 10.6. The van der Waals surface area contributed by atoms with Crippen LogP contribution in [0.15, 0.2) is 36.7 Å². The molecule has 0 radical (unpaired) electrons. The quantitative estimate of drug-likeness (QED) is 0.762. The number of carbonyl (C=O) groups excluding carboxylic acids is 1. The van der Waals surface area contributed by atoms with E-state index < -0.39 is 0 Å². The molecule has 0 atom stereocenters. The fourth-order valence-electron chi connectivity index (χ4n) is 1.91. The van der Waals surface area contributed by atoms with Gasteiger partial charge in [-0.05, 0) is 45.3 Å². The van der Waals surface area contributed by atoms with Crippen molar-refractivity contribution in [3.63, 3.8) is 0 Å². The standard InChI is InChI=1S/C16H20ClN5O/c1-22(2)8-4-7-18-16(23)14-10-20-15(11-19-14)21-13-6-3-5-12(17)9-13/h3,5-6,9-11H,4,7-8H2,1-2H3,(H,18,23)(H,20,21). The molecular formula is C16H20ClN5O. The Hall–Kier alpha value is -2.18. The lowest BCUT2D eigenvalue weighted by molar-refractivity contribution is 0.0947. The van der Waals surface area contributed by atoms with Gasteiger partial charge in [0, 0.05) is 17.3 Å². The van der Waals surface area contributed by atoms with E-state index in [0.29, 0.717) is 23.1 Å². The van der Waals surface area contributed by atoms with E-state index in [1.165, 1.54) is 12.4 Å². The SMILES string of the molecule is CN(C)CCCNC(=O)c1cnc(Nc2cccc(Cl)c2)cn1. The Kier molecular flexibility index (Phi) is 6.31. The molecule has 0 aliphatic rings. The van der Waals surface area contributed by atoms with E-state index in [-0.39, 0.29) is 5.91 Å². The minimum Gasteiger partial charge on any atom is -0.351 e. The van der Waals surface area contributed by atoms with E-state index in [0.717, 1.165) is 18.7 Å². The average molecular weight is 334 g/mol. The summed E-state index contributed by atoms with van der Waals surface area (Å²) in [7, 11) is 4.00. The fourth-order valence-corrected chi connectivity index (χ4v) is 2.10. The predicted molar refractivity (Wildman–Crippen MR) is 92.3 cm³/mol. The van der Waals surface area contributed by atoms with Crippen LogP contribution in [0.3, 0.4) is 0 Å². The molecule has 0 unspecified atom stereocenters. The maximum Gasteiger partial charge on any atom is 0.271 e. The van der Waals surface area contributed by atoms with Gasteiger partial charge in [-0.25, -0.2) is 9.97 Å². The summed E-state index contributed by atoms with van der Waals surface area (Å²) in [5.41, 5.74) is 1.11. The first kappa shape index (κ1) is 17.2. The van der Waals surface area contributed by atoms with Crippen LogP contribution in [0, 0.1) is 0 Å². The molecule has 0 bridgehead atoms. The molecule has 0 saturated heterocycles. The highest BCUT2D eigenvalue weighted by atomic mass is 35.5. The zero-order valence-electron chi connectivity index (χ0n) is 13.2. The second-order valence-corrected chi connectivity index (χ2v) is 5.77. The number of anilines is 2. The third-order valence-corrected chi connectivity index (χ3v) is 3.28. The van der Waals surface area contributed by atoms with Gasteiger partial charge in [-0.15, -0.1) is 0 Å². The molecule has 122 valence electrons. The molecule has 2 N–H and O–H groups in total. The molecule has 7 heteroatoms. The van der Waals surface area contributed by atoms with Gasteiger partial charge >= 0.3 is 0 Å². The second kappa shape index (κ2) is 8.45. The maximum absolute atomic E-state index is 11.9. The molecule has 1 aromatic heterocycles. The van der Waals surface area contributed by atoms with E-state index in [1.54, 1.807) is 12.1 Å². The highest BCUT2D eigenvalue weighted by Gasteiger charge is 2.07. The summed E-state index contributed by atoms with van der Waals surface area (Å²) < 4.78 is 0. The third kappa shape index (κ3) is 5.84. The van der Waals surface area contributed by atoms with Gasteiger partial charge in [-0.1, -0.05) is 17.7 Å². The molecule has 0 fully saturated rings. The molecule has 0 spiro atoms. The van der Waals surface area contributed by atoms with Gasteiger partial charge in [0.15, 0.2) is 0 Å². The number of halogens is 1. The number of amides is 1. The van der Waals surface area contributed by atoms with E-state index in [9.17, 15) is 4.79 Å². The first-order chi connectivity index (χ1) is 11.0. The average Bonchev–Trinajstić information content (AvgIpc) is 2.52. The predicted octanol–water partition coefficient (Wildman–Crippen LogP) is 2.56. The Balaban J connectivity index is 1.87. The lowest BCUT2D eigenvalue weighted by Crippen LogP contribution is -2.27. The number of hydrogen-bond donors (Lipinski definition) is 2. The van der Waals surface area contributed by atoms with E-state index in [2.05, 4.69) is 25.5 Å². The Morgan fingerprint density at radius 2 is 2.09 bits per heavy atom. The fraction of sp³-hybridized carbons (Fsp3) is 0.312. The molecule has 1 heterocycles. The Morgan fingerprint density at radius 1 is 1.26 bits per heavy atom. The summed E-state index contributed by atoms with van der Waals surface area (Å²) in [6, 6.07) is 7.29. The Labute approximate surface area is 140 Å². The topological polar surface area (TPSA) is 70.2 Å². The summed E-state index contributed by atoms with van der Waals surface area (Å²) in [4.78, 5) is 22.3. The molecule has 1 amide bonds. The van der Waals surface area contributed by atoms with Gasteiger partial charge in [0.05, 0.1) is 12.4 Å². The zero-order chi connectivity index (χ0) is 16.7. The molecule has 2 rings (SSSR count). The monoisotopic (exact) mass is 333 g/mol. The smallest absolute Gasteiger partial charge is 0.271 e. The molecular weight excluding hydrogens is 314 g/mol. The molecule has 0 aliphatic heterocycles. The minimum atomic E-state index is -0.217. The van der Waals surface area contributed by atoms with Crippen LogP contribution in [0.5, 0.6) is 0 Å². The van der Waals surface area contributed by atoms with Crippen LogP contribution in [0.2, 0.25) is 5.02 Å². The largest absolute Gasteiger partial charge is 0.351 e. The molecule has 0 saturated carbocycles. The minimum absolute atomic E-state index is 0.217. The summed E-state index contributed by atoms with van der Waals surface area (Å²) in [6.45, 7) is 1.54. The van der Waals surface area contributed by atoms with Crippen LogP contribution in [-0.4, -0.2) is 48.0 Å². The van der Waals surface area contributed by atoms with Crippen LogP contribution in [-0.2, 0) is 0 Å². The van der Waals surface area contributed by atoms with Crippen molar-refractivity contribution in [2.75, 3.05) is 32.5 Å². The molecule has 23 heavy (non-hydrogen) atoms. The van der Waals surface area contributed by atoms with Gasteiger partial charge in [-0.2, -0.15) is 0 Å². The number of nitrogens with one attached hydrogen (secondary N) is 2. The number of hydrogen-bond acceptors (Lipinski definition) is 5. The highest BCUT2D eigenvalue weighted by Crippen LogP contribution is 2.18. The lowest BCUT2D eigenvalue weighted by Gasteiger charge is -2.10. The van der Waals surface area contributed by atoms with Crippen LogP contribution in [0.1, 0.15) is 16.9 Å². The van der Waals surface area contributed by atoms with E-state index in [4.69, 9.17) is 11.6 Å². The highest BCUT2D eigenvalue weighted by molar-refractivity contribution is 6.30. The number of rotatable bonds is 7. The Morgan fingerprint density at radius 3 is 2.74 bits per heavy atom. The molecule has 0 aliphatic carbocycles. The number of aromatic nitrogens is 2. The zero-order valence-corrected chi connectivity index (χ0v) is 14.0. The van der Waals surface area contributed by atoms with Gasteiger partial charge in [0.25, 0.3) is 5.91 Å². The number of carbonyl (C=O) groups is 1. The van der Waals surface area contributed by atoms with E-state index in [1.807, 2.05) is 26.2 Å². The van der Waals surface area contributed by atoms with Crippen LogP contribution in [0.4, 0.5) is 11.5 Å². The summed E-state index contributed by atoms with van der Waals surface area (Å²) in [5.74, 6) is 0.335. The first-order valence-corrected chi connectivity index (χ1v) is 7.70. The van der Waals surface area contributed by atoms with Crippen LogP contribution >= 0.6 is 11.6 Å². The van der Waals surface area contributed by atoms with Crippen molar-refractivity contribution in [1.29, 1.82) is 0 Å². The van der Waals surface area contributed by atoms with Crippen molar-refractivity contribution in [2.45, 2.75) is 6.42 Å². The van der Waals surface area contributed by atoms with Crippen molar-refractivity contribution in [3.05, 3.63) is 47.4 Å². The van der Waals surface area contributed by atoms with Crippen molar-refractivity contribution in [1.82, 2.24) is 20.2 Å². The molecule has 6 nitrogen and oxygen atoms in total. The lowest BCUT2D eigenvalue weighted by atomic mass is 10.3. The molecule has 1 aromatic carbocycles. The summed E-state index contributed by atoms with van der Waals surface area (Å²) >= 11 is 5.93. The van der Waals surface area contributed by atoms with Crippen molar-refractivity contribution in [3.8, 4) is 0 Å². The van der Waals surface area contributed by atoms with Crippen molar-refractivity contribution < 1.29 is 4.79 Å². The van der Waals surface area contributed by atoms with E-state index >= 15 is 0 Å². The van der Waals surface area contributed by atoms with Gasteiger partial charge in [0.1, 0.15) is 11.5 Å². The Bertz CT molecular complexity index is 645. The molecule has 2 aromatic rings. The maximum atomic E-state index is 11.9. The second-order valence-electron chi connectivity index (χ2n) is 5.33. The van der Waals surface area contributed by atoms with Crippen LogP contribution in [0.25, 0.3) is 0 Å². The number of nitrogens with zero attached hydrogens (tertiary/aromatic N) is 3. The van der Waals surface area contributed by atoms with Gasteiger partial charge in [-0.3, -0.25) is 4.79 Å². The number of benzene rings is 1. The van der Waals surface area contributed by atoms with Crippen molar-refractivity contribution in [2.24, 2.45) is 0 Å². The van der Waals surface area contributed by atoms with Gasteiger partial charge < -0.3 is 15.5 Å². The summed E-state index contributed by atoms with van der Waals surface area (Å²) in [5, 5.41) is 6.54. The summed E-state index contributed by atoms with van der Waals surface area (Å²) in [6.07, 6.45) is 3.87. The third-order valence-electron chi connectivity index (χ3n) is 3.05.